The summed E-state index contributed by atoms with van der Waals surface area (Å²) in [5, 5.41) is 8.97. The maximum Gasteiger partial charge on any atom is 0.304 e. The van der Waals surface area contributed by atoms with Gasteiger partial charge in [0.1, 0.15) is 6.33 Å². The van der Waals surface area contributed by atoms with E-state index in [1.165, 1.54) is 12.0 Å². The lowest BCUT2D eigenvalue weighted by atomic mass is 9.80. The summed E-state index contributed by atoms with van der Waals surface area (Å²) >= 11 is 0. The Morgan fingerprint density at radius 2 is 2.06 bits per heavy atom. The maximum absolute atomic E-state index is 10.9. The molecule has 0 spiro atoms. The van der Waals surface area contributed by atoms with Crippen LogP contribution in [0.15, 0.2) is 6.33 Å². The first kappa shape index (κ1) is 12.0. The molecule has 1 N–H and O–H groups in total. The van der Waals surface area contributed by atoms with Gasteiger partial charge < -0.3 is 5.11 Å². The number of aliphatic carboxylic acids is 1. The highest BCUT2D eigenvalue weighted by Crippen LogP contribution is 2.32. The fourth-order valence-corrected chi connectivity index (χ4v) is 2.57. The third-order valence-electron chi connectivity index (χ3n) is 3.36. The van der Waals surface area contributed by atoms with Gasteiger partial charge in [-0.1, -0.05) is 13.8 Å². The van der Waals surface area contributed by atoms with E-state index >= 15 is 0 Å². The van der Waals surface area contributed by atoms with Crippen LogP contribution in [0.1, 0.15) is 50.1 Å². The van der Waals surface area contributed by atoms with Crippen molar-refractivity contribution in [3.8, 4) is 0 Å². The minimum absolute atomic E-state index is 0.108. The summed E-state index contributed by atoms with van der Waals surface area (Å²) in [4.78, 5) is 19.6. The molecule has 0 amide bonds. The Labute approximate surface area is 101 Å². The molecule has 2 rings (SSSR count). The van der Waals surface area contributed by atoms with Gasteiger partial charge in [-0.25, -0.2) is 9.97 Å². The molecule has 1 aliphatic rings. The number of carboxylic acid groups (broad SMARTS) is 1. The summed E-state index contributed by atoms with van der Waals surface area (Å²) < 4.78 is 0. The van der Waals surface area contributed by atoms with Crippen molar-refractivity contribution in [1.82, 2.24) is 9.97 Å². The summed E-state index contributed by atoms with van der Waals surface area (Å²) in [6, 6.07) is 0. The van der Waals surface area contributed by atoms with Crippen LogP contribution in [0.4, 0.5) is 0 Å². The van der Waals surface area contributed by atoms with Gasteiger partial charge in [0, 0.05) is 11.1 Å². The van der Waals surface area contributed by atoms with Crippen LogP contribution in [-0.2, 0) is 23.1 Å². The van der Waals surface area contributed by atoms with Crippen molar-refractivity contribution in [3.63, 3.8) is 0 Å². The molecule has 1 aliphatic carbocycles. The number of rotatable bonds is 3. The van der Waals surface area contributed by atoms with Crippen LogP contribution in [0.3, 0.4) is 0 Å². The third-order valence-corrected chi connectivity index (χ3v) is 3.36. The molecule has 0 fully saturated rings. The van der Waals surface area contributed by atoms with E-state index in [2.05, 4.69) is 9.97 Å². The Morgan fingerprint density at radius 1 is 1.35 bits per heavy atom. The summed E-state index contributed by atoms with van der Waals surface area (Å²) in [6.07, 6.45) is 5.97. The highest BCUT2D eigenvalue weighted by molar-refractivity contribution is 5.68. The molecule has 0 aliphatic heterocycles. The van der Waals surface area contributed by atoms with Crippen molar-refractivity contribution in [2.45, 2.75) is 51.4 Å². The van der Waals surface area contributed by atoms with Crippen LogP contribution in [-0.4, -0.2) is 21.0 Å². The number of hydrogen-bond acceptors (Lipinski definition) is 3. The van der Waals surface area contributed by atoms with Gasteiger partial charge in [-0.2, -0.15) is 0 Å². The molecule has 0 aromatic carbocycles. The van der Waals surface area contributed by atoms with Gasteiger partial charge >= 0.3 is 5.97 Å². The number of carbonyl (C=O) groups is 1. The van der Waals surface area contributed by atoms with E-state index in [9.17, 15) is 4.79 Å². The van der Waals surface area contributed by atoms with Gasteiger partial charge in [-0.05, 0) is 31.2 Å². The van der Waals surface area contributed by atoms with E-state index in [-0.39, 0.29) is 6.42 Å². The quantitative estimate of drug-likeness (QED) is 0.870. The first-order chi connectivity index (χ1) is 8.00. The van der Waals surface area contributed by atoms with Gasteiger partial charge in [0.2, 0.25) is 0 Å². The molecule has 0 atom stereocenters. The molecular formula is C13H18N2O2. The average molecular weight is 234 g/mol. The minimum atomic E-state index is -0.779. The van der Waals surface area contributed by atoms with Crippen molar-refractivity contribution >= 4 is 5.97 Å². The first-order valence-electron chi connectivity index (χ1n) is 6.06. The normalized spacial score (nSPS) is 15.4. The highest BCUT2D eigenvalue weighted by Gasteiger charge is 2.30. The van der Waals surface area contributed by atoms with Crippen LogP contribution in [0.2, 0.25) is 0 Å². The van der Waals surface area contributed by atoms with Crippen LogP contribution >= 0.6 is 0 Å². The van der Waals surface area contributed by atoms with Crippen LogP contribution in [0, 0.1) is 0 Å². The zero-order valence-corrected chi connectivity index (χ0v) is 10.4. The number of carboxylic acids is 1. The Balaban J connectivity index is 2.41. The predicted octanol–water partition coefficient (Wildman–Crippen LogP) is 2.11. The maximum atomic E-state index is 10.9. The minimum Gasteiger partial charge on any atom is -0.481 e. The molecule has 0 unspecified atom stereocenters. The van der Waals surface area contributed by atoms with Crippen molar-refractivity contribution in [2.75, 3.05) is 0 Å². The van der Waals surface area contributed by atoms with Crippen LogP contribution < -0.4 is 0 Å². The average Bonchev–Trinajstić information content (AvgIpc) is 2.26. The molecule has 1 aromatic heterocycles. The van der Waals surface area contributed by atoms with Crippen LogP contribution in [0.5, 0.6) is 0 Å². The topological polar surface area (TPSA) is 63.1 Å². The molecule has 0 radical (unpaired) electrons. The molecule has 0 saturated carbocycles. The fourth-order valence-electron chi connectivity index (χ4n) is 2.57. The van der Waals surface area contributed by atoms with E-state index in [1.807, 2.05) is 13.8 Å². The number of fused-ring (bicyclic) bond motifs is 1. The zero-order chi connectivity index (χ0) is 12.5. The first-order valence-corrected chi connectivity index (χ1v) is 6.06. The lowest BCUT2D eigenvalue weighted by molar-refractivity contribution is -0.138. The Kier molecular flexibility index (Phi) is 3.13. The van der Waals surface area contributed by atoms with E-state index in [1.54, 1.807) is 6.33 Å². The number of aryl methyl sites for hydroxylation is 1. The van der Waals surface area contributed by atoms with Gasteiger partial charge in [-0.3, -0.25) is 4.79 Å². The van der Waals surface area contributed by atoms with Crippen molar-refractivity contribution in [2.24, 2.45) is 0 Å². The Bertz CT molecular complexity index is 441. The molecule has 0 saturated heterocycles. The predicted molar refractivity (Wildman–Crippen MR) is 64.0 cm³/mol. The summed E-state index contributed by atoms with van der Waals surface area (Å²) in [5.74, 6) is -0.779. The SMILES string of the molecule is CC(C)(CC(=O)O)c1ncnc2c1CCCC2. The number of hydrogen-bond donors (Lipinski definition) is 1. The molecule has 17 heavy (non-hydrogen) atoms. The van der Waals surface area contributed by atoms with E-state index in [0.717, 1.165) is 30.7 Å². The standard InChI is InChI=1S/C13H18N2O2/c1-13(2,7-11(16)17)12-9-5-3-4-6-10(9)14-8-15-12/h8H,3-7H2,1-2H3,(H,16,17). The third kappa shape index (κ3) is 2.46. The molecule has 1 aromatic rings. The lowest BCUT2D eigenvalue weighted by Gasteiger charge is -2.27. The number of aromatic nitrogens is 2. The van der Waals surface area contributed by atoms with Crippen molar-refractivity contribution < 1.29 is 9.90 Å². The highest BCUT2D eigenvalue weighted by atomic mass is 16.4. The molecule has 1 heterocycles. The van der Waals surface area contributed by atoms with Gasteiger partial charge in [-0.15, -0.1) is 0 Å². The molecule has 4 heteroatoms. The lowest BCUT2D eigenvalue weighted by Crippen LogP contribution is -2.26. The van der Waals surface area contributed by atoms with Gasteiger partial charge in [0.25, 0.3) is 0 Å². The van der Waals surface area contributed by atoms with E-state index in [0.29, 0.717) is 0 Å². The van der Waals surface area contributed by atoms with Gasteiger partial charge in [0.15, 0.2) is 0 Å². The second kappa shape index (κ2) is 4.43. The van der Waals surface area contributed by atoms with Crippen molar-refractivity contribution in [1.29, 1.82) is 0 Å². The monoisotopic (exact) mass is 234 g/mol. The molecule has 0 bridgehead atoms. The zero-order valence-electron chi connectivity index (χ0n) is 10.4. The summed E-state index contributed by atoms with van der Waals surface area (Å²) in [5.41, 5.74) is 2.80. The second-order valence-electron chi connectivity index (χ2n) is 5.31. The fraction of sp³-hybridized carbons (Fsp3) is 0.615. The van der Waals surface area contributed by atoms with E-state index in [4.69, 9.17) is 5.11 Å². The summed E-state index contributed by atoms with van der Waals surface area (Å²) in [7, 11) is 0. The Hall–Kier alpha value is -1.45. The van der Waals surface area contributed by atoms with E-state index < -0.39 is 11.4 Å². The molecule has 92 valence electrons. The smallest absolute Gasteiger partial charge is 0.304 e. The largest absolute Gasteiger partial charge is 0.481 e. The summed E-state index contributed by atoms with van der Waals surface area (Å²) in [6.45, 7) is 3.89. The molecule has 4 nitrogen and oxygen atoms in total. The van der Waals surface area contributed by atoms with Crippen molar-refractivity contribution in [3.05, 3.63) is 23.3 Å². The Morgan fingerprint density at radius 3 is 2.76 bits per heavy atom. The number of nitrogens with zero attached hydrogens (tertiary/aromatic N) is 2. The van der Waals surface area contributed by atoms with Crippen LogP contribution in [0.25, 0.3) is 0 Å². The molecular weight excluding hydrogens is 216 g/mol. The van der Waals surface area contributed by atoms with Gasteiger partial charge in [0.05, 0.1) is 12.1 Å². The second-order valence-corrected chi connectivity index (χ2v) is 5.31.